The predicted molar refractivity (Wildman–Crippen MR) is 103 cm³/mol. The van der Waals surface area contributed by atoms with Crippen LogP contribution < -0.4 is 0 Å². The molecule has 1 aromatic heterocycles. The molecule has 0 amide bonds. The zero-order chi connectivity index (χ0) is 20.7. The fraction of sp³-hybridized carbons (Fsp3) is 0.524. The molecule has 5 nitrogen and oxygen atoms in total. The molecule has 1 fully saturated rings. The Morgan fingerprint density at radius 1 is 1.17 bits per heavy atom. The van der Waals surface area contributed by atoms with E-state index in [-0.39, 0.29) is 17.6 Å². The van der Waals surface area contributed by atoms with E-state index < -0.39 is 11.7 Å². The highest BCUT2D eigenvalue weighted by Gasteiger charge is 2.32. The molecule has 8 heteroatoms. The topological polar surface area (TPSA) is 71.5 Å². The third-order valence-electron chi connectivity index (χ3n) is 5.46. The molecule has 2 atom stereocenters. The second-order valence-corrected chi connectivity index (χ2v) is 7.54. The molecular formula is C21H25F3N4O. The Labute approximate surface area is 167 Å². The molecule has 1 saturated carbocycles. The van der Waals surface area contributed by atoms with E-state index in [0.29, 0.717) is 12.0 Å². The first-order valence-corrected chi connectivity index (χ1v) is 10.0. The van der Waals surface area contributed by atoms with Crippen molar-refractivity contribution in [3.05, 3.63) is 47.3 Å². The second-order valence-electron chi connectivity index (χ2n) is 7.54. The number of nitrogens with zero attached hydrogens (tertiary/aromatic N) is 3. The summed E-state index contributed by atoms with van der Waals surface area (Å²) >= 11 is 0. The number of carbonyl (C=O) groups excluding carboxylic acids is 1. The summed E-state index contributed by atoms with van der Waals surface area (Å²) in [7, 11) is 0. The van der Waals surface area contributed by atoms with Gasteiger partial charge in [0.2, 0.25) is 0 Å². The van der Waals surface area contributed by atoms with Gasteiger partial charge in [-0.2, -0.15) is 18.4 Å². The number of carbonyl (C=O) groups is 1. The number of Topliss-reactive ketones (excluding diaryl/α,β-unsaturated/α-hetero) is 1. The average Bonchev–Trinajstić information content (AvgIpc) is 3.33. The predicted octanol–water partition coefficient (Wildman–Crippen LogP) is 5.02. The Morgan fingerprint density at radius 2 is 2.00 bits per heavy atom. The quantitative estimate of drug-likeness (QED) is 0.594. The zero-order valence-electron chi connectivity index (χ0n) is 16.2. The number of nitrogens with one attached hydrogen (secondary N) is 1. The Balaban J connectivity index is 1.46. The highest BCUT2D eigenvalue weighted by Crippen LogP contribution is 2.35. The molecule has 1 aliphatic carbocycles. The molecule has 0 bridgehead atoms. The lowest BCUT2D eigenvalue weighted by Crippen LogP contribution is -2.13. The monoisotopic (exact) mass is 406 g/mol. The van der Waals surface area contributed by atoms with Crippen molar-refractivity contribution < 1.29 is 18.0 Å². The molecule has 156 valence electrons. The lowest BCUT2D eigenvalue weighted by Gasteiger charge is -2.15. The number of rotatable bonds is 9. The molecule has 2 aromatic rings. The Bertz CT molecular complexity index is 818. The minimum Gasteiger partial charge on any atom is -0.299 e. The Morgan fingerprint density at radius 3 is 2.76 bits per heavy atom. The van der Waals surface area contributed by atoms with Crippen LogP contribution in [0.4, 0.5) is 13.2 Å². The maximum absolute atomic E-state index is 12.8. The summed E-state index contributed by atoms with van der Waals surface area (Å²) < 4.78 is 38.5. The van der Waals surface area contributed by atoms with Crippen LogP contribution in [0.5, 0.6) is 0 Å². The number of tetrazole rings is 1. The number of aromatic amines is 1. The SMILES string of the molecule is O=C1CCC(C=Cc2cccc(C(F)(F)F)c2)C1CCCCCCc1nn[nH]n1. The number of ketones is 1. The van der Waals surface area contributed by atoms with Crippen LogP contribution >= 0.6 is 0 Å². The number of hydrogen-bond acceptors (Lipinski definition) is 4. The summed E-state index contributed by atoms with van der Waals surface area (Å²) in [6.45, 7) is 0. The normalized spacial score (nSPS) is 20.0. The fourth-order valence-electron chi connectivity index (χ4n) is 3.88. The Kier molecular flexibility index (Phi) is 7.17. The summed E-state index contributed by atoms with van der Waals surface area (Å²) in [6, 6.07) is 5.28. The van der Waals surface area contributed by atoms with Gasteiger partial charge in [0, 0.05) is 18.8 Å². The van der Waals surface area contributed by atoms with Gasteiger partial charge in [0.15, 0.2) is 5.82 Å². The average molecular weight is 406 g/mol. The van der Waals surface area contributed by atoms with E-state index in [9.17, 15) is 18.0 Å². The van der Waals surface area contributed by atoms with Gasteiger partial charge in [0.05, 0.1) is 5.56 Å². The van der Waals surface area contributed by atoms with Gasteiger partial charge in [-0.1, -0.05) is 48.8 Å². The van der Waals surface area contributed by atoms with Crippen molar-refractivity contribution in [2.45, 2.75) is 57.5 Å². The van der Waals surface area contributed by atoms with Crippen molar-refractivity contribution in [2.24, 2.45) is 11.8 Å². The molecule has 0 radical (unpaired) electrons. The first-order chi connectivity index (χ1) is 13.9. The van der Waals surface area contributed by atoms with Crippen molar-refractivity contribution in [3.8, 4) is 0 Å². The zero-order valence-corrected chi connectivity index (χ0v) is 16.2. The van der Waals surface area contributed by atoms with Crippen LogP contribution in [0.2, 0.25) is 0 Å². The molecule has 3 rings (SSSR count). The molecule has 1 N–H and O–H groups in total. The number of benzene rings is 1. The number of alkyl halides is 3. The summed E-state index contributed by atoms with van der Waals surface area (Å²) in [5, 5.41) is 13.8. The molecule has 0 saturated heterocycles. The number of allylic oxidation sites excluding steroid dienone is 1. The van der Waals surface area contributed by atoms with Crippen LogP contribution in [0.3, 0.4) is 0 Å². The van der Waals surface area contributed by atoms with Crippen molar-refractivity contribution in [1.29, 1.82) is 0 Å². The molecule has 1 aromatic carbocycles. The van der Waals surface area contributed by atoms with Crippen LogP contribution in [0.1, 0.15) is 61.9 Å². The van der Waals surface area contributed by atoms with Crippen LogP contribution in [0, 0.1) is 11.8 Å². The smallest absolute Gasteiger partial charge is 0.299 e. The highest BCUT2D eigenvalue weighted by atomic mass is 19.4. The van der Waals surface area contributed by atoms with E-state index in [1.165, 1.54) is 6.07 Å². The highest BCUT2D eigenvalue weighted by molar-refractivity contribution is 5.83. The largest absolute Gasteiger partial charge is 0.416 e. The van der Waals surface area contributed by atoms with Gasteiger partial charge >= 0.3 is 6.18 Å². The number of unbranched alkanes of at least 4 members (excludes halogenated alkanes) is 3. The third-order valence-corrected chi connectivity index (χ3v) is 5.46. The third kappa shape index (κ3) is 6.24. The van der Waals surface area contributed by atoms with Gasteiger partial charge in [-0.15, -0.1) is 10.2 Å². The van der Waals surface area contributed by atoms with Gasteiger partial charge in [-0.25, -0.2) is 0 Å². The summed E-state index contributed by atoms with van der Waals surface area (Å²) in [6.07, 6.45) is 6.27. The Hall–Kier alpha value is -2.51. The molecular weight excluding hydrogens is 381 g/mol. The summed E-state index contributed by atoms with van der Waals surface area (Å²) in [4.78, 5) is 12.2. The van der Waals surface area contributed by atoms with E-state index in [1.807, 2.05) is 6.08 Å². The molecule has 0 aliphatic heterocycles. The van der Waals surface area contributed by atoms with Gasteiger partial charge < -0.3 is 0 Å². The second kappa shape index (κ2) is 9.80. The van der Waals surface area contributed by atoms with Crippen LogP contribution in [-0.4, -0.2) is 26.4 Å². The first kappa shape index (κ1) is 21.2. The molecule has 1 heterocycles. The van der Waals surface area contributed by atoms with Gasteiger partial charge in [0.1, 0.15) is 5.78 Å². The van der Waals surface area contributed by atoms with Crippen LogP contribution in [-0.2, 0) is 17.4 Å². The van der Waals surface area contributed by atoms with Crippen LogP contribution in [0.25, 0.3) is 6.08 Å². The van der Waals surface area contributed by atoms with E-state index in [1.54, 1.807) is 12.1 Å². The van der Waals surface area contributed by atoms with Crippen LogP contribution in [0.15, 0.2) is 30.3 Å². The molecule has 29 heavy (non-hydrogen) atoms. The summed E-state index contributed by atoms with van der Waals surface area (Å²) in [5.74, 6) is 1.08. The number of aryl methyl sites for hydroxylation is 1. The van der Waals surface area contributed by atoms with E-state index in [0.717, 1.165) is 62.9 Å². The standard InChI is InChI=1S/C21H25F3N4O/c22-21(23,24)17-7-5-6-15(14-17)10-11-16-12-13-19(29)18(16)8-3-1-2-4-9-20-25-27-28-26-20/h5-7,10-11,14,16,18H,1-4,8-9,12-13H2,(H,25,26,27,28). The molecule has 2 unspecified atom stereocenters. The van der Waals surface area contributed by atoms with E-state index in [4.69, 9.17) is 0 Å². The summed E-state index contributed by atoms with van der Waals surface area (Å²) in [5.41, 5.74) is -0.140. The number of halogens is 3. The maximum Gasteiger partial charge on any atom is 0.416 e. The number of H-pyrrole nitrogens is 1. The van der Waals surface area contributed by atoms with Crippen molar-refractivity contribution in [3.63, 3.8) is 0 Å². The molecule has 1 aliphatic rings. The molecule has 0 spiro atoms. The number of hydrogen-bond donors (Lipinski definition) is 1. The maximum atomic E-state index is 12.8. The van der Waals surface area contributed by atoms with Crippen molar-refractivity contribution >= 4 is 11.9 Å². The van der Waals surface area contributed by atoms with Gasteiger partial charge in [-0.3, -0.25) is 4.79 Å². The van der Waals surface area contributed by atoms with Gasteiger partial charge in [-0.05, 0) is 42.9 Å². The van der Waals surface area contributed by atoms with Gasteiger partial charge in [0.25, 0.3) is 0 Å². The number of aromatic nitrogens is 4. The lowest BCUT2D eigenvalue weighted by atomic mass is 9.89. The van der Waals surface area contributed by atoms with E-state index >= 15 is 0 Å². The van der Waals surface area contributed by atoms with Crippen molar-refractivity contribution in [1.82, 2.24) is 20.6 Å². The first-order valence-electron chi connectivity index (χ1n) is 10.0. The van der Waals surface area contributed by atoms with E-state index in [2.05, 4.69) is 20.6 Å². The minimum absolute atomic E-state index is 0.0192. The lowest BCUT2D eigenvalue weighted by molar-refractivity contribution is -0.137. The van der Waals surface area contributed by atoms with Crippen molar-refractivity contribution in [2.75, 3.05) is 0 Å². The fourth-order valence-corrected chi connectivity index (χ4v) is 3.88. The minimum atomic E-state index is -4.35.